The van der Waals surface area contributed by atoms with Crippen LogP contribution in [0.1, 0.15) is 39.2 Å². The van der Waals surface area contributed by atoms with Crippen molar-refractivity contribution in [1.29, 1.82) is 0 Å². The van der Waals surface area contributed by atoms with Crippen LogP contribution in [-0.4, -0.2) is 42.1 Å². The Labute approximate surface area is 183 Å². The molecule has 0 N–H and O–H groups in total. The number of allylic oxidation sites excluding steroid dienone is 2. The minimum absolute atomic E-state index is 0.253. The topological polar surface area (TPSA) is 68.7 Å². The van der Waals surface area contributed by atoms with Gasteiger partial charge in [-0.15, -0.1) is 0 Å². The number of esters is 2. The Morgan fingerprint density at radius 2 is 1.45 bits per heavy atom. The summed E-state index contributed by atoms with van der Waals surface area (Å²) >= 11 is 0. The highest BCUT2D eigenvalue weighted by atomic mass is 16.5. The number of ether oxygens (including phenoxy) is 2. The van der Waals surface area contributed by atoms with E-state index in [9.17, 15) is 9.59 Å². The summed E-state index contributed by atoms with van der Waals surface area (Å²) in [6.07, 6.45) is 3.53. The van der Waals surface area contributed by atoms with Crippen molar-refractivity contribution >= 4 is 11.9 Å². The van der Waals surface area contributed by atoms with E-state index >= 15 is 0 Å². The van der Waals surface area contributed by atoms with Crippen LogP contribution in [0, 0.1) is 0 Å². The van der Waals surface area contributed by atoms with E-state index < -0.39 is 17.9 Å². The van der Waals surface area contributed by atoms with Crippen LogP contribution < -0.4 is 0 Å². The molecule has 0 bridgehead atoms. The van der Waals surface area contributed by atoms with Gasteiger partial charge in [0.1, 0.15) is 0 Å². The highest BCUT2D eigenvalue weighted by molar-refractivity contribution is 5.99. The molecule has 31 heavy (non-hydrogen) atoms. The molecule has 1 aliphatic rings. The van der Waals surface area contributed by atoms with Crippen LogP contribution in [0.5, 0.6) is 0 Å². The molecule has 0 radical (unpaired) electrons. The van der Waals surface area contributed by atoms with E-state index in [4.69, 9.17) is 9.47 Å². The van der Waals surface area contributed by atoms with Gasteiger partial charge in [0, 0.05) is 30.8 Å². The fourth-order valence-electron chi connectivity index (χ4n) is 3.86. The van der Waals surface area contributed by atoms with Gasteiger partial charge < -0.3 is 14.4 Å². The smallest absolute Gasteiger partial charge is 0.336 e. The van der Waals surface area contributed by atoms with E-state index in [1.54, 1.807) is 26.2 Å². The van der Waals surface area contributed by atoms with Crippen LogP contribution in [0.3, 0.4) is 0 Å². The van der Waals surface area contributed by atoms with Gasteiger partial charge in [-0.05, 0) is 50.5 Å². The molecular formula is C25H28N2O4. The van der Waals surface area contributed by atoms with Crippen molar-refractivity contribution in [3.8, 4) is 11.1 Å². The second-order valence-corrected chi connectivity index (χ2v) is 7.29. The van der Waals surface area contributed by atoms with Crippen LogP contribution in [-0.2, 0) is 19.1 Å². The van der Waals surface area contributed by atoms with Gasteiger partial charge in [0.2, 0.25) is 0 Å². The van der Waals surface area contributed by atoms with E-state index in [0.29, 0.717) is 11.1 Å². The fourth-order valence-corrected chi connectivity index (χ4v) is 3.86. The molecule has 1 aromatic carbocycles. The molecule has 2 aromatic rings. The zero-order chi connectivity index (χ0) is 22.5. The molecule has 0 aliphatic carbocycles. The first-order valence-electron chi connectivity index (χ1n) is 10.4. The lowest BCUT2D eigenvalue weighted by Crippen LogP contribution is -2.33. The third kappa shape index (κ3) is 4.38. The number of carbonyl (C=O) groups is 2. The molecule has 0 fully saturated rings. The van der Waals surface area contributed by atoms with Gasteiger partial charge in [-0.3, -0.25) is 4.98 Å². The first-order valence-corrected chi connectivity index (χ1v) is 10.4. The Hall–Kier alpha value is -3.41. The normalized spacial score (nSPS) is 14.7. The van der Waals surface area contributed by atoms with E-state index in [2.05, 4.69) is 4.98 Å². The molecule has 0 atom stereocenters. The van der Waals surface area contributed by atoms with E-state index in [-0.39, 0.29) is 13.2 Å². The Bertz CT molecular complexity index is 981. The van der Waals surface area contributed by atoms with Crippen molar-refractivity contribution in [2.45, 2.75) is 33.6 Å². The quantitative estimate of drug-likeness (QED) is 0.643. The Kier molecular flexibility index (Phi) is 6.90. The number of benzene rings is 1. The molecule has 0 spiro atoms. The molecule has 0 amide bonds. The van der Waals surface area contributed by atoms with Gasteiger partial charge in [0.15, 0.2) is 0 Å². The number of aromatic nitrogens is 1. The third-order valence-corrected chi connectivity index (χ3v) is 5.59. The van der Waals surface area contributed by atoms with Crippen molar-refractivity contribution in [2.75, 3.05) is 20.3 Å². The summed E-state index contributed by atoms with van der Waals surface area (Å²) in [6, 6.07) is 11.7. The predicted molar refractivity (Wildman–Crippen MR) is 119 cm³/mol. The summed E-state index contributed by atoms with van der Waals surface area (Å²) in [7, 11) is 1.84. The third-order valence-electron chi connectivity index (χ3n) is 5.59. The van der Waals surface area contributed by atoms with Crippen LogP contribution in [0.15, 0.2) is 71.3 Å². The van der Waals surface area contributed by atoms with Crippen molar-refractivity contribution < 1.29 is 19.1 Å². The van der Waals surface area contributed by atoms with Gasteiger partial charge >= 0.3 is 11.9 Å². The monoisotopic (exact) mass is 420 g/mol. The number of nitrogens with zero attached hydrogens (tertiary/aromatic N) is 2. The number of hydrogen-bond acceptors (Lipinski definition) is 6. The van der Waals surface area contributed by atoms with Gasteiger partial charge in [-0.2, -0.15) is 0 Å². The van der Waals surface area contributed by atoms with Crippen molar-refractivity contribution in [2.24, 2.45) is 0 Å². The maximum absolute atomic E-state index is 13.0. The summed E-state index contributed by atoms with van der Waals surface area (Å²) in [5, 5.41) is 0. The van der Waals surface area contributed by atoms with E-state index in [1.807, 2.05) is 62.2 Å². The number of pyridine rings is 1. The molecule has 6 heteroatoms. The number of hydrogen-bond donors (Lipinski definition) is 0. The van der Waals surface area contributed by atoms with E-state index in [0.717, 1.165) is 28.1 Å². The summed E-state index contributed by atoms with van der Waals surface area (Å²) in [6.45, 7) is 7.78. The van der Waals surface area contributed by atoms with Gasteiger partial charge in [0.05, 0.1) is 30.3 Å². The zero-order valence-corrected chi connectivity index (χ0v) is 18.6. The lowest BCUT2D eigenvalue weighted by Gasteiger charge is -2.35. The maximum atomic E-state index is 13.0. The fraction of sp³-hybridized carbons (Fsp3) is 0.320. The minimum atomic E-state index is -0.572. The molecular weight excluding hydrogens is 392 g/mol. The molecule has 6 nitrogen and oxygen atoms in total. The Morgan fingerprint density at radius 1 is 0.903 bits per heavy atom. The summed E-state index contributed by atoms with van der Waals surface area (Å²) in [5.74, 6) is -1.43. The van der Waals surface area contributed by atoms with Gasteiger partial charge in [-0.1, -0.05) is 30.3 Å². The molecule has 1 aliphatic heterocycles. The maximum Gasteiger partial charge on any atom is 0.336 e. The molecule has 0 saturated heterocycles. The van der Waals surface area contributed by atoms with Gasteiger partial charge in [0.25, 0.3) is 0 Å². The second kappa shape index (κ2) is 9.60. The highest BCUT2D eigenvalue weighted by Crippen LogP contribution is 2.42. The standard InChI is InChI=1S/C25H28N2O4/c1-6-30-24(28)21-16(3)27(5)17(4)22(25(29)31-7-2)23(21)19-12-10-18(11-13-19)20-9-8-14-26-15-20/h8-15,23H,6-7H2,1-5H3. The summed E-state index contributed by atoms with van der Waals surface area (Å²) in [4.78, 5) is 32.0. The average molecular weight is 421 g/mol. The predicted octanol–water partition coefficient (Wildman–Crippen LogP) is 4.45. The summed E-state index contributed by atoms with van der Waals surface area (Å²) in [5.41, 5.74) is 5.23. The largest absolute Gasteiger partial charge is 0.463 e. The Morgan fingerprint density at radius 3 is 1.90 bits per heavy atom. The minimum Gasteiger partial charge on any atom is -0.463 e. The average Bonchev–Trinajstić information content (AvgIpc) is 2.78. The molecule has 0 saturated carbocycles. The first kappa shape index (κ1) is 22.3. The lowest BCUT2D eigenvalue weighted by atomic mass is 9.79. The highest BCUT2D eigenvalue weighted by Gasteiger charge is 2.39. The molecule has 3 rings (SSSR count). The van der Waals surface area contributed by atoms with Crippen molar-refractivity contribution in [1.82, 2.24) is 9.88 Å². The molecule has 2 heterocycles. The molecule has 0 unspecified atom stereocenters. The number of carbonyl (C=O) groups excluding carboxylic acids is 2. The van der Waals surface area contributed by atoms with Crippen molar-refractivity contribution in [3.63, 3.8) is 0 Å². The van der Waals surface area contributed by atoms with Crippen molar-refractivity contribution in [3.05, 3.63) is 76.9 Å². The van der Waals surface area contributed by atoms with Crippen LogP contribution in [0.4, 0.5) is 0 Å². The van der Waals surface area contributed by atoms with Crippen LogP contribution in [0.25, 0.3) is 11.1 Å². The number of rotatable bonds is 6. The first-order chi connectivity index (χ1) is 14.9. The van der Waals surface area contributed by atoms with E-state index in [1.165, 1.54) is 0 Å². The molecule has 1 aromatic heterocycles. The second-order valence-electron chi connectivity index (χ2n) is 7.29. The van der Waals surface area contributed by atoms with Gasteiger partial charge in [-0.25, -0.2) is 9.59 Å². The lowest BCUT2D eigenvalue weighted by molar-refractivity contribution is -0.139. The SMILES string of the molecule is CCOC(=O)C1=C(C)N(C)C(C)=C(C(=O)OCC)C1c1ccc(-c2cccnc2)cc1. The zero-order valence-electron chi connectivity index (χ0n) is 18.6. The van der Waals surface area contributed by atoms with Crippen LogP contribution in [0.2, 0.25) is 0 Å². The van der Waals surface area contributed by atoms with Crippen LogP contribution >= 0.6 is 0 Å². The Balaban J connectivity index is 2.14. The summed E-state index contributed by atoms with van der Waals surface area (Å²) < 4.78 is 10.7. The molecule has 162 valence electrons.